The van der Waals surface area contributed by atoms with Crippen LogP contribution in [0.5, 0.6) is 0 Å². The third-order valence-corrected chi connectivity index (χ3v) is 5.02. The summed E-state index contributed by atoms with van der Waals surface area (Å²) >= 11 is 5.93. The Balaban J connectivity index is 2.05. The predicted octanol–water partition coefficient (Wildman–Crippen LogP) is 3.16. The number of aryl methyl sites for hydroxylation is 2. The number of amides is 1. The number of rotatable bonds is 5. The Morgan fingerprint density at radius 3 is 2.42 bits per heavy atom. The van der Waals surface area contributed by atoms with Crippen molar-refractivity contribution in [2.24, 2.45) is 0 Å². The number of carbonyl (C=O) groups excluding carboxylic acids is 2. The van der Waals surface area contributed by atoms with Gasteiger partial charge in [-0.2, -0.15) is 0 Å². The van der Waals surface area contributed by atoms with Gasteiger partial charge < -0.3 is 10.1 Å². The normalized spacial score (nSPS) is 11.1. The Hall–Kier alpha value is -2.38. The molecule has 26 heavy (non-hydrogen) atoms. The van der Waals surface area contributed by atoms with E-state index in [1.165, 1.54) is 12.1 Å². The molecule has 2 aromatic carbocycles. The van der Waals surface area contributed by atoms with Crippen molar-refractivity contribution in [3.05, 3.63) is 58.1 Å². The van der Waals surface area contributed by atoms with Crippen LogP contribution in [0.2, 0.25) is 5.02 Å². The quantitative estimate of drug-likeness (QED) is 0.785. The number of ether oxygens (including phenoxy) is 1. The summed E-state index contributed by atoms with van der Waals surface area (Å²) in [6.07, 6.45) is 1.02. The molecule has 0 unspecified atom stereocenters. The first-order chi connectivity index (χ1) is 12.1. The third-order valence-electron chi connectivity index (χ3n) is 3.58. The Labute approximate surface area is 157 Å². The minimum Gasteiger partial charge on any atom is -0.452 e. The van der Waals surface area contributed by atoms with Crippen LogP contribution in [0.4, 0.5) is 5.69 Å². The second kappa shape index (κ2) is 7.88. The molecule has 0 atom stereocenters. The summed E-state index contributed by atoms with van der Waals surface area (Å²) in [5, 5.41) is 2.69. The summed E-state index contributed by atoms with van der Waals surface area (Å²) in [6.45, 7) is 3.27. The van der Waals surface area contributed by atoms with E-state index in [0.717, 1.165) is 23.4 Å². The predicted molar refractivity (Wildman–Crippen MR) is 99.4 cm³/mol. The van der Waals surface area contributed by atoms with Gasteiger partial charge in [-0.05, 0) is 43.7 Å². The zero-order valence-corrected chi connectivity index (χ0v) is 16.1. The van der Waals surface area contributed by atoms with E-state index in [4.69, 9.17) is 16.3 Å². The van der Waals surface area contributed by atoms with Crippen LogP contribution in [0.3, 0.4) is 0 Å². The van der Waals surface area contributed by atoms with E-state index in [9.17, 15) is 18.0 Å². The van der Waals surface area contributed by atoms with Gasteiger partial charge >= 0.3 is 5.97 Å². The molecule has 0 radical (unpaired) electrons. The molecule has 1 amide bonds. The molecule has 0 saturated heterocycles. The number of halogens is 1. The summed E-state index contributed by atoms with van der Waals surface area (Å²) in [4.78, 5) is 24.0. The fourth-order valence-electron chi connectivity index (χ4n) is 2.24. The summed E-state index contributed by atoms with van der Waals surface area (Å²) in [5.74, 6) is -1.39. The molecule has 0 saturated carbocycles. The first kappa shape index (κ1) is 19.9. The molecular weight excluding hydrogens is 378 g/mol. The number of sulfone groups is 1. The van der Waals surface area contributed by atoms with Crippen LogP contribution in [0, 0.1) is 13.8 Å². The Bertz CT molecular complexity index is 970. The van der Waals surface area contributed by atoms with Gasteiger partial charge in [-0.15, -0.1) is 0 Å². The van der Waals surface area contributed by atoms with E-state index < -0.39 is 28.3 Å². The van der Waals surface area contributed by atoms with Gasteiger partial charge in [0, 0.05) is 11.9 Å². The first-order valence-corrected chi connectivity index (χ1v) is 9.88. The summed E-state index contributed by atoms with van der Waals surface area (Å²) in [5.41, 5.74) is 2.45. The lowest BCUT2D eigenvalue weighted by atomic mass is 10.1. The molecule has 8 heteroatoms. The smallest absolute Gasteiger partial charge is 0.340 e. The molecule has 0 aliphatic heterocycles. The van der Waals surface area contributed by atoms with Gasteiger partial charge in [-0.1, -0.05) is 29.3 Å². The highest BCUT2D eigenvalue weighted by Crippen LogP contribution is 2.21. The maximum atomic E-state index is 12.1. The zero-order valence-electron chi connectivity index (χ0n) is 14.5. The zero-order chi connectivity index (χ0) is 19.5. The average molecular weight is 396 g/mol. The SMILES string of the molecule is Cc1ccc(NC(=O)COC(=O)c2cc(S(C)(=O)=O)ccc2Cl)c(C)c1. The van der Waals surface area contributed by atoms with E-state index in [2.05, 4.69) is 5.32 Å². The molecule has 0 bridgehead atoms. The van der Waals surface area contributed by atoms with Crippen molar-refractivity contribution >= 4 is 39.0 Å². The van der Waals surface area contributed by atoms with Crippen molar-refractivity contribution in [3.8, 4) is 0 Å². The van der Waals surface area contributed by atoms with Crippen LogP contribution in [-0.4, -0.2) is 33.2 Å². The van der Waals surface area contributed by atoms with Crippen LogP contribution < -0.4 is 5.32 Å². The largest absolute Gasteiger partial charge is 0.452 e. The van der Waals surface area contributed by atoms with Crippen molar-refractivity contribution in [2.75, 3.05) is 18.2 Å². The second-order valence-electron chi connectivity index (χ2n) is 5.86. The van der Waals surface area contributed by atoms with Gasteiger partial charge in [0.15, 0.2) is 16.4 Å². The first-order valence-electron chi connectivity index (χ1n) is 7.62. The number of benzene rings is 2. The summed E-state index contributed by atoms with van der Waals surface area (Å²) < 4.78 is 28.1. The highest BCUT2D eigenvalue weighted by Gasteiger charge is 2.18. The van der Waals surface area contributed by atoms with E-state index in [1.54, 1.807) is 6.07 Å². The van der Waals surface area contributed by atoms with Crippen molar-refractivity contribution in [2.45, 2.75) is 18.7 Å². The topological polar surface area (TPSA) is 89.5 Å². The summed E-state index contributed by atoms with van der Waals surface area (Å²) in [6, 6.07) is 9.24. The van der Waals surface area contributed by atoms with Crippen LogP contribution in [0.15, 0.2) is 41.3 Å². The molecule has 0 aliphatic rings. The number of hydrogen-bond donors (Lipinski definition) is 1. The van der Waals surface area contributed by atoms with E-state index in [-0.39, 0.29) is 15.5 Å². The second-order valence-corrected chi connectivity index (χ2v) is 8.28. The van der Waals surface area contributed by atoms with Crippen molar-refractivity contribution < 1.29 is 22.7 Å². The lowest BCUT2D eigenvalue weighted by Gasteiger charge is -2.10. The monoisotopic (exact) mass is 395 g/mol. The van der Waals surface area contributed by atoms with E-state index in [1.807, 2.05) is 26.0 Å². The molecular formula is C18H18ClNO5S. The molecule has 2 rings (SSSR count). The van der Waals surface area contributed by atoms with Crippen molar-refractivity contribution in [1.29, 1.82) is 0 Å². The van der Waals surface area contributed by atoms with Crippen LogP contribution >= 0.6 is 11.6 Å². The molecule has 0 aromatic heterocycles. The standard InChI is InChI=1S/C18H18ClNO5S/c1-11-4-7-16(12(2)8-11)20-17(21)10-25-18(22)14-9-13(26(3,23)24)5-6-15(14)19/h4-9H,10H2,1-3H3,(H,20,21). The van der Waals surface area contributed by atoms with E-state index in [0.29, 0.717) is 5.69 Å². The van der Waals surface area contributed by atoms with Gasteiger partial charge in [0.1, 0.15) is 0 Å². The van der Waals surface area contributed by atoms with Crippen LogP contribution in [0.1, 0.15) is 21.5 Å². The van der Waals surface area contributed by atoms with Gasteiger partial charge in [0.05, 0.1) is 15.5 Å². The fraction of sp³-hybridized carbons (Fsp3) is 0.222. The highest BCUT2D eigenvalue weighted by atomic mass is 35.5. The Kier molecular flexibility index (Phi) is 6.05. The van der Waals surface area contributed by atoms with Gasteiger partial charge in [0.25, 0.3) is 5.91 Å². The number of nitrogens with one attached hydrogen (secondary N) is 1. The molecule has 0 heterocycles. The molecule has 6 nitrogen and oxygen atoms in total. The third kappa shape index (κ3) is 5.06. The lowest BCUT2D eigenvalue weighted by molar-refractivity contribution is -0.119. The Morgan fingerprint density at radius 1 is 1.12 bits per heavy atom. The average Bonchev–Trinajstić information content (AvgIpc) is 2.54. The van der Waals surface area contributed by atoms with Crippen molar-refractivity contribution in [3.63, 3.8) is 0 Å². The van der Waals surface area contributed by atoms with Gasteiger partial charge in [-0.3, -0.25) is 4.79 Å². The van der Waals surface area contributed by atoms with Crippen LogP contribution in [0.25, 0.3) is 0 Å². The molecule has 0 aliphatic carbocycles. The molecule has 138 valence electrons. The molecule has 0 fully saturated rings. The number of hydrogen-bond acceptors (Lipinski definition) is 5. The minimum atomic E-state index is -3.50. The van der Waals surface area contributed by atoms with Crippen LogP contribution in [-0.2, 0) is 19.4 Å². The highest BCUT2D eigenvalue weighted by molar-refractivity contribution is 7.90. The molecule has 1 N–H and O–H groups in total. The maximum Gasteiger partial charge on any atom is 0.340 e. The summed E-state index contributed by atoms with van der Waals surface area (Å²) in [7, 11) is -3.50. The number of esters is 1. The maximum absolute atomic E-state index is 12.1. The number of carbonyl (C=O) groups is 2. The Morgan fingerprint density at radius 2 is 1.81 bits per heavy atom. The number of anilines is 1. The fourth-order valence-corrected chi connectivity index (χ4v) is 3.08. The lowest BCUT2D eigenvalue weighted by Crippen LogP contribution is -2.21. The van der Waals surface area contributed by atoms with Crippen molar-refractivity contribution in [1.82, 2.24) is 0 Å². The van der Waals surface area contributed by atoms with Gasteiger partial charge in [-0.25, -0.2) is 13.2 Å². The minimum absolute atomic E-state index is 0.0391. The van der Waals surface area contributed by atoms with Gasteiger partial charge in [0.2, 0.25) is 0 Å². The van der Waals surface area contributed by atoms with E-state index >= 15 is 0 Å². The molecule has 2 aromatic rings. The molecule has 0 spiro atoms.